The van der Waals surface area contributed by atoms with Crippen LogP contribution in [0.4, 0.5) is 5.82 Å². The first-order valence-corrected chi connectivity index (χ1v) is 7.49. The lowest BCUT2D eigenvalue weighted by Gasteiger charge is -2.11. The minimum atomic E-state index is 0.498. The van der Waals surface area contributed by atoms with Crippen molar-refractivity contribution < 1.29 is 0 Å². The number of nitrogens with zero attached hydrogens (tertiary/aromatic N) is 2. The van der Waals surface area contributed by atoms with Crippen LogP contribution in [0.15, 0.2) is 24.3 Å². The first-order valence-electron chi connectivity index (χ1n) is 6.73. The number of aromatic nitrogens is 2. The molecule has 1 aromatic carbocycles. The maximum atomic E-state index is 6.05. The van der Waals surface area contributed by atoms with Crippen molar-refractivity contribution in [3.63, 3.8) is 0 Å². The monoisotopic (exact) mass is 307 g/mol. The highest BCUT2D eigenvalue weighted by atomic mass is 35.5. The van der Waals surface area contributed by atoms with E-state index in [0.29, 0.717) is 27.6 Å². The quantitative estimate of drug-likeness (QED) is 0.875. The van der Waals surface area contributed by atoms with Crippen molar-refractivity contribution >= 4 is 29.0 Å². The molecule has 0 amide bonds. The van der Waals surface area contributed by atoms with Crippen LogP contribution in [0.1, 0.15) is 37.3 Å². The second-order valence-electron chi connectivity index (χ2n) is 5.15. The molecular weight excluding hydrogens is 293 g/mol. The van der Waals surface area contributed by atoms with Gasteiger partial charge in [0.25, 0.3) is 0 Å². The van der Waals surface area contributed by atoms with Gasteiger partial charge in [0, 0.05) is 23.2 Å². The highest BCUT2D eigenvalue weighted by Gasteiger charge is 2.20. The Morgan fingerprint density at radius 3 is 2.45 bits per heavy atom. The van der Waals surface area contributed by atoms with E-state index in [1.165, 1.54) is 25.7 Å². The Morgan fingerprint density at radius 1 is 1.00 bits per heavy atom. The van der Waals surface area contributed by atoms with E-state index >= 15 is 0 Å². The molecule has 104 valence electrons. The lowest BCUT2D eigenvalue weighted by molar-refractivity contribution is 0.696. The van der Waals surface area contributed by atoms with Gasteiger partial charge in [0.1, 0.15) is 5.82 Å². The average Bonchev–Trinajstić information content (AvgIpc) is 2.95. The third-order valence-corrected chi connectivity index (χ3v) is 4.46. The predicted molar refractivity (Wildman–Crippen MR) is 83.1 cm³/mol. The van der Waals surface area contributed by atoms with Gasteiger partial charge in [-0.1, -0.05) is 36.0 Å². The van der Waals surface area contributed by atoms with Gasteiger partial charge in [-0.3, -0.25) is 0 Å². The smallest absolute Gasteiger partial charge is 0.161 e. The maximum absolute atomic E-state index is 6.05. The number of hydrogen-bond donors (Lipinski definition) is 1. The molecule has 0 radical (unpaired) electrons. The number of hydrogen-bond acceptors (Lipinski definition) is 3. The van der Waals surface area contributed by atoms with Crippen LogP contribution < -0.4 is 5.73 Å². The Morgan fingerprint density at radius 2 is 1.75 bits per heavy atom. The van der Waals surface area contributed by atoms with Gasteiger partial charge in [0.05, 0.1) is 10.0 Å². The van der Waals surface area contributed by atoms with Crippen molar-refractivity contribution in [2.24, 2.45) is 0 Å². The lowest BCUT2D eigenvalue weighted by atomic mass is 10.0. The van der Waals surface area contributed by atoms with E-state index < -0.39 is 0 Å². The van der Waals surface area contributed by atoms with Crippen molar-refractivity contribution in [1.82, 2.24) is 9.97 Å². The molecule has 1 saturated carbocycles. The molecule has 0 atom stereocenters. The molecule has 0 bridgehead atoms. The van der Waals surface area contributed by atoms with Gasteiger partial charge in [-0.25, -0.2) is 9.97 Å². The first kappa shape index (κ1) is 13.7. The van der Waals surface area contributed by atoms with Crippen LogP contribution in [0.2, 0.25) is 10.0 Å². The molecule has 2 aromatic rings. The molecule has 0 unspecified atom stereocenters. The number of nitrogen functional groups attached to an aromatic ring is 1. The topological polar surface area (TPSA) is 51.8 Å². The van der Waals surface area contributed by atoms with Gasteiger partial charge in [0.2, 0.25) is 0 Å². The third kappa shape index (κ3) is 2.74. The molecule has 1 aromatic heterocycles. The van der Waals surface area contributed by atoms with Gasteiger partial charge in [-0.15, -0.1) is 0 Å². The molecule has 2 N–H and O–H groups in total. The van der Waals surface area contributed by atoms with Gasteiger partial charge in [-0.2, -0.15) is 0 Å². The van der Waals surface area contributed by atoms with Gasteiger partial charge in [-0.05, 0) is 31.0 Å². The van der Waals surface area contributed by atoms with Crippen molar-refractivity contribution in [2.75, 3.05) is 5.73 Å². The summed E-state index contributed by atoms with van der Waals surface area (Å²) in [5.41, 5.74) is 7.80. The van der Waals surface area contributed by atoms with E-state index in [1.54, 1.807) is 12.1 Å². The van der Waals surface area contributed by atoms with Crippen molar-refractivity contribution in [1.29, 1.82) is 0 Å². The second-order valence-corrected chi connectivity index (χ2v) is 5.97. The van der Waals surface area contributed by atoms with Crippen LogP contribution in [0, 0.1) is 0 Å². The first-order chi connectivity index (χ1) is 9.63. The normalized spacial score (nSPS) is 15.7. The number of halogens is 2. The molecule has 1 aliphatic rings. The molecule has 0 saturated heterocycles. The zero-order valence-electron chi connectivity index (χ0n) is 10.9. The summed E-state index contributed by atoms with van der Waals surface area (Å²) in [4.78, 5) is 8.97. The molecule has 3 rings (SSSR count). The van der Waals surface area contributed by atoms with E-state index in [1.807, 2.05) is 12.1 Å². The highest BCUT2D eigenvalue weighted by molar-refractivity contribution is 6.42. The SMILES string of the molecule is Nc1cc(C2CCCC2)nc(-c2ccc(Cl)c(Cl)c2)n1. The molecule has 20 heavy (non-hydrogen) atoms. The molecule has 0 spiro atoms. The van der Waals surface area contributed by atoms with Gasteiger partial charge >= 0.3 is 0 Å². The van der Waals surface area contributed by atoms with Crippen LogP contribution in [-0.2, 0) is 0 Å². The van der Waals surface area contributed by atoms with Crippen molar-refractivity contribution in [2.45, 2.75) is 31.6 Å². The fraction of sp³-hybridized carbons (Fsp3) is 0.333. The van der Waals surface area contributed by atoms with Crippen LogP contribution in [0.5, 0.6) is 0 Å². The summed E-state index contributed by atoms with van der Waals surface area (Å²) in [7, 11) is 0. The molecule has 5 heteroatoms. The van der Waals surface area contributed by atoms with Crippen LogP contribution in [-0.4, -0.2) is 9.97 Å². The number of nitrogens with two attached hydrogens (primary N) is 1. The Bertz CT molecular complexity index is 637. The Hall–Kier alpha value is -1.32. The lowest BCUT2D eigenvalue weighted by Crippen LogP contribution is -2.03. The number of rotatable bonds is 2. The Labute approximate surface area is 128 Å². The van der Waals surface area contributed by atoms with Gasteiger partial charge in [0.15, 0.2) is 5.82 Å². The molecule has 0 aliphatic heterocycles. The molecular formula is C15H15Cl2N3. The summed E-state index contributed by atoms with van der Waals surface area (Å²) < 4.78 is 0. The van der Waals surface area contributed by atoms with E-state index in [2.05, 4.69) is 9.97 Å². The summed E-state index contributed by atoms with van der Waals surface area (Å²) in [5, 5.41) is 1.02. The fourth-order valence-corrected chi connectivity index (χ4v) is 2.98. The average molecular weight is 308 g/mol. The van der Waals surface area contributed by atoms with Crippen molar-refractivity contribution in [3.8, 4) is 11.4 Å². The fourth-order valence-electron chi connectivity index (χ4n) is 2.68. The van der Waals surface area contributed by atoms with E-state index in [4.69, 9.17) is 28.9 Å². The zero-order chi connectivity index (χ0) is 14.1. The largest absolute Gasteiger partial charge is 0.384 e. The number of benzene rings is 1. The van der Waals surface area contributed by atoms with Crippen LogP contribution >= 0.6 is 23.2 Å². The third-order valence-electron chi connectivity index (χ3n) is 3.72. The van der Waals surface area contributed by atoms with E-state index in [0.717, 1.165) is 11.3 Å². The minimum absolute atomic E-state index is 0.498. The maximum Gasteiger partial charge on any atom is 0.161 e. The molecule has 3 nitrogen and oxygen atoms in total. The summed E-state index contributed by atoms with van der Waals surface area (Å²) in [6, 6.07) is 7.27. The van der Waals surface area contributed by atoms with Gasteiger partial charge < -0.3 is 5.73 Å². The summed E-state index contributed by atoms with van der Waals surface area (Å²) in [6.45, 7) is 0. The van der Waals surface area contributed by atoms with E-state index in [9.17, 15) is 0 Å². The highest BCUT2D eigenvalue weighted by Crippen LogP contribution is 2.35. The predicted octanol–water partition coefficient (Wildman–Crippen LogP) is 4.69. The summed E-state index contributed by atoms with van der Waals surface area (Å²) in [5.74, 6) is 1.62. The minimum Gasteiger partial charge on any atom is -0.384 e. The van der Waals surface area contributed by atoms with Crippen LogP contribution in [0.3, 0.4) is 0 Å². The second kappa shape index (κ2) is 5.58. The Balaban J connectivity index is 2.02. The standard InChI is InChI=1S/C15H15Cl2N3/c16-11-6-5-10(7-12(11)17)15-19-13(8-14(18)20-15)9-3-1-2-4-9/h5-9H,1-4H2,(H2,18,19,20). The van der Waals surface area contributed by atoms with Crippen molar-refractivity contribution in [3.05, 3.63) is 40.0 Å². The Kier molecular flexibility index (Phi) is 3.81. The number of anilines is 1. The molecule has 1 heterocycles. The summed E-state index contributed by atoms with van der Waals surface area (Å²) >= 11 is 12.0. The summed E-state index contributed by atoms with van der Waals surface area (Å²) in [6.07, 6.45) is 4.88. The molecule has 1 fully saturated rings. The van der Waals surface area contributed by atoms with E-state index in [-0.39, 0.29) is 0 Å². The van der Waals surface area contributed by atoms with Crippen LogP contribution in [0.25, 0.3) is 11.4 Å². The molecule has 1 aliphatic carbocycles. The zero-order valence-corrected chi connectivity index (χ0v) is 12.5.